The molecule has 1 atom stereocenters. The summed E-state index contributed by atoms with van der Waals surface area (Å²) >= 11 is 0. The molecule has 0 aliphatic carbocycles. The Bertz CT molecular complexity index is 1130. The molecule has 1 aromatic heterocycles. The van der Waals surface area contributed by atoms with Gasteiger partial charge in [0.25, 0.3) is 0 Å². The van der Waals surface area contributed by atoms with Gasteiger partial charge in [-0.3, -0.25) is 14.7 Å². The topological polar surface area (TPSA) is 45.7 Å². The molecule has 0 radical (unpaired) electrons. The monoisotopic (exact) mass is 471 g/mol. The third-order valence-electron chi connectivity index (χ3n) is 7.03. The van der Waals surface area contributed by atoms with Crippen LogP contribution < -0.4 is 4.74 Å². The van der Waals surface area contributed by atoms with Gasteiger partial charge in [-0.15, -0.1) is 0 Å². The van der Waals surface area contributed by atoms with Crippen molar-refractivity contribution in [3.63, 3.8) is 0 Å². The van der Waals surface area contributed by atoms with Crippen molar-refractivity contribution < 1.29 is 9.53 Å². The molecule has 4 rings (SSSR count). The molecule has 1 saturated heterocycles. The average Bonchev–Trinajstić information content (AvgIpc) is 3.03. The number of carbonyl (C=O) groups is 1. The molecule has 5 nitrogen and oxygen atoms in total. The summed E-state index contributed by atoms with van der Waals surface area (Å²) in [6.07, 6.45) is 2.43. The van der Waals surface area contributed by atoms with Gasteiger partial charge in [-0.05, 0) is 66.6 Å². The van der Waals surface area contributed by atoms with E-state index in [0.717, 1.165) is 23.4 Å². The molecule has 184 valence electrons. The van der Waals surface area contributed by atoms with Crippen LogP contribution in [0.1, 0.15) is 63.2 Å². The summed E-state index contributed by atoms with van der Waals surface area (Å²) in [5, 5.41) is 0. The Kier molecular flexibility index (Phi) is 7.00. The number of hydrogen-bond acceptors (Lipinski definition) is 4. The molecule has 1 aliphatic heterocycles. The molecule has 0 N–H and O–H groups in total. The molecule has 35 heavy (non-hydrogen) atoms. The lowest BCUT2D eigenvalue weighted by Gasteiger charge is -2.34. The second-order valence-electron chi connectivity index (χ2n) is 10.9. The lowest BCUT2D eigenvalue weighted by molar-refractivity contribution is -0.132. The second kappa shape index (κ2) is 9.82. The Morgan fingerprint density at radius 1 is 0.971 bits per heavy atom. The van der Waals surface area contributed by atoms with Crippen LogP contribution in [0.4, 0.5) is 0 Å². The summed E-state index contributed by atoms with van der Waals surface area (Å²) in [4.78, 5) is 22.7. The minimum absolute atomic E-state index is 0.0744. The highest BCUT2D eigenvalue weighted by Crippen LogP contribution is 2.42. The van der Waals surface area contributed by atoms with Crippen LogP contribution in [0.15, 0.2) is 72.9 Å². The molecule has 1 unspecified atom stereocenters. The van der Waals surface area contributed by atoms with Crippen molar-refractivity contribution in [2.24, 2.45) is 0 Å². The fourth-order valence-corrected chi connectivity index (χ4v) is 4.79. The van der Waals surface area contributed by atoms with Crippen molar-refractivity contribution in [3.8, 4) is 5.75 Å². The number of methoxy groups -OCH3 is 1. The van der Waals surface area contributed by atoms with Gasteiger partial charge < -0.3 is 9.64 Å². The Hall–Kier alpha value is -3.18. The molecule has 5 heteroatoms. The zero-order chi connectivity index (χ0) is 25.2. The fraction of sp³-hybridized carbons (Fsp3) is 0.400. The van der Waals surface area contributed by atoms with Gasteiger partial charge in [-0.1, -0.05) is 63.2 Å². The molecular weight excluding hydrogens is 434 g/mol. The van der Waals surface area contributed by atoms with Crippen LogP contribution in [-0.2, 0) is 23.2 Å². The van der Waals surface area contributed by atoms with E-state index in [1.54, 1.807) is 7.11 Å². The van der Waals surface area contributed by atoms with E-state index < -0.39 is 5.54 Å². The van der Waals surface area contributed by atoms with Crippen LogP contribution >= 0.6 is 0 Å². The lowest BCUT2D eigenvalue weighted by Crippen LogP contribution is -2.43. The molecule has 2 aromatic carbocycles. The summed E-state index contributed by atoms with van der Waals surface area (Å²) in [5.41, 5.74) is 3.98. The summed E-state index contributed by atoms with van der Waals surface area (Å²) in [6.45, 7) is 12.0. The van der Waals surface area contributed by atoms with Gasteiger partial charge in [0.05, 0.1) is 18.3 Å². The minimum atomic E-state index is -0.648. The minimum Gasteiger partial charge on any atom is -0.497 e. The quantitative estimate of drug-likeness (QED) is 0.440. The molecule has 2 heterocycles. The predicted octanol–water partition coefficient (Wildman–Crippen LogP) is 5.75. The highest BCUT2D eigenvalue weighted by Gasteiger charge is 2.51. The van der Waals surface area contributed by atoms with Crippen molar-refractivity contribution in [3.05, 3.63) is 95.3 Å². The molecule has 0 bridgehead atoms. The van der Waals surface area contributed by atoms with Crippen LogP contribution in [0.5, 0.6) is 5.75 Å². The molecule has 1 amide bonds. The van der Waals surface area contributed by atoms with E-state index in [1.165, 1.54) is 11.1 Å². The molecule has 1 aliphatic rings. The molecule has 0 spiro atoms. The van der Waals surface area contributed by atoms with Gasteiger partial charge in [0.1, 0.15) is 11.9 Å². The van der Waals surface area contributed by atoms with Gasteiger partial charge in [-0.2, -0.15) is 0 Å². The molecule has 3 aromatic rings. The Morgan fingerprint density at radius 3 is 2.23 bits per heavy atom. The van der Waals surface area contributed by atoms with E-state index >= 15 is 0 Å². The van der Waals surface area contributed by atoms with Crippen molar-refractivity contribution >= 4 is 5.91 Å². The number of ether oxygens (including phenoxy) is 1. The van der Waals surface area contributed by atoms with Crippen LogP contribution in [0.2, 0.25) is 0 Å². The summed E-state index contributed by atoms with van der Waals surface area (Å²) in [7, 11) is 1.67. The first-order valence-corrected chi connectivity index (χ1v) is 12.3. The van der Waals surface area contributed by atoms with Crippen LogP contribution in [0, 0.1) is 0 Å². The van der Waals surface area contributed by atoms with Crippen LogP contribution in [0.3, 0.4) is 0 Å². The third kappa shape index (κ3) is 5.25. The van der Waals surface area contributed by atoms with Gasteiger partial charge >= 0.3 is 0 Å². The standard InChI is InChI=1S/C30H37N3O2/c1-29(2,3)24-14-12-23(13-15-24)27-32(20-18-22-10-16-26(35-6)17-11-22)28(34)30(4,5)33(27)21-25-9-7-8-19-31-25/h7-17,19,27H,18,20-21H2,1-6H3. The van der Waals surface area contributed by atoms with Crippen molar-refractivity contribution in [2.45, 2.75) is 64.7 Å². The van der Waals surface area contributed by atoms with Crippen LogP contribution in [0.25, 0.3) is 0 Å². The normalized spacial score (nSPS) is 18.2. The predicted molar refractivity (Wildman–Crippen MR) is 140 cm³/mol. The van der Waals surface area contributed by atoms with E-state index in [-0.39, 0.29) is 17.5 Å². The largest absolute Gasteiger partial charge is 0.497 e. The van der Waals surface area contributed by atoms with Crippen molar-refractivity contribution in [2.75, 3.05) is 13.7 Å². The van der Waals surface area contributed by atoms with Crippen molar-refractivity contribution in [1.82, 2.24) is 14.8 Å². The number of aromatic nitrogens is 1. The number of hydrogen-bond donors (Lipinski definition) is 0. The van der Waals surface area contributed by atoms with E-state index in [2.05, 4.69) is 67.1 Å². The lowest BCUT2D eigenvalue weighted by atomic mass is 9.86. The van der Waals surface area contributed by atoms with E-state index in [4.69, 9.17) is 4.74 Å². The number of rotatable bonds is 7. The van der Waals surface area contributed by atoms with Gasteiger partial charge in [-0.25, -0.2) is 0 Å². The second-order valence-corrected chi connectivity index (χ2v) is 10.9. The molecular formula is C30H37N3O2. The van der Waals surface area contributed by atoms with E-state index in [9.17, 15) is 4.79 Å². The number of nitrogens with zero attached hydrogens (tertiary/aromatic N) is 3. The van der Waals surface area contributed by atoms with Crippen LogP contribution in [-0.4, -0.2) is 39.9 Å². The van der Waals surface area contributed by atoms with Gasteiger partial charge in [0, 0.05) is 19.3 Å². The van der Waals surface area contributed by atoms with Gasteiger partial charge in [0.2, 0.25) is 5.91 Å². The average molecular weight is 472 g/mol. The number of benzene rings is 2. The highest BCUT2D eigenvalue weighted by atomic mass is 16.5. The zero-order valence-electron chi connectivity index (χ0n) is 21.8. The third-order valence-corrected chi connectivity index (χ3v) is 7.03. The zero-order valence-corrected chi connectivity index (χ0v) is 21.8. The Balaban J connectivity index is 1.68. The first-order chi connectivity index (χ1) is 16.6. The Morgan fingerprint density at radius 2 is 1.66 bits per heavy atom. The Labute approximate surface area is 209 Å². The number of pyridine rings is 1. The highest BCUT2D eigenvalue weighted by molar-refractivity contribution is 5.88. The fourth-order valence-electron chi connectivity index (χ4n) is 4.79. The van der Waals surface area contributed by atoms with E-state index in [0.29, 0.717) is 13.1 Å². The van der Waals surface area contributed by atoms with Gasteiger partial charge in [0.15, 0.2) is 0 Å². The summed E-state index contributed by atoms with van der Waals surface area (Å²) in [6, 6.07) is 22.8. The summed E-state index contributed by atoms with van der Waals surface area (Å²) < 4.78 is 5.29. The molecule has 0 saturated carbocycles. The number of carbonyl (C=O) groups excluding carboxylic acids is 1. The van der Waals surface area contributed by atoms with E-state index in [1.807, 2.05) is 55.3 Å². The first-order valence-electron chi connectivity index (χ1n) is 12.3. The molecule has 1 fully saturated rings. The summed E-state index contributed by atoms with van der Waals surface area (Å²) in [5.74, 6) is 0.984. The maximum atomic E-state index is 13.8. The van der Waals surface area contributed by atoms with Crippen molar-refractivity contribution in [1.29, 1.82) is 0 Å². The first kappa shape index (κ1) is 24.9. The maximum absolute atomic E-state index is 13.8. The number of amides is 1. The smallest absolute Gasteiger partial charge is 0.244 e. The SMILES string of the molecule is COc1ccc(CCN2C(=O)C(C)(C)N(Cc3ccccn3)C2c2ccc(C(C)(C)C)cc2)cc1. The maximum Gasteiger partial charge on any atom is 0.244 e.